The molecule has 0 spiro atoms. The first-order valence-electron chi connectivity index (χ1n) is 7.53. The van der Waals surface area contributed by atoms with Crippen LogP contribution in [-0.4, -0.2) is 4.98 Å². The molecule has 4 heteroatoms. The number of rotatable bonds is 2. The van der Waals surface area contributed by atoms with E-state index < -0.39 is 0 Å². The van der Waals surface area contributed by atoms with Crippen molar-refractivity contribution < 1.29 is 0 Å². The van der Waals surface area contributed by atoms with Crippen molar-refractivity contribution in [2.75, 3.05) is 0 Å². The molecule has 2 heterocycles. The van der Waals surface area contributed by atoms with E-state index in [1.165, 1.54) is 11.3 Å². The van der Waals surface area contributed by atoms with Gasteiger partial charge in [0, 0.05) is 22.3 Å². The fourth-order valence-corrected chi connectivity index (χ4v) is 3.81. The molecule has 0 aliphatic carbocycles. The molecule has 23 heavy (non-hydrogen) atoms. The molecule has 1 atom stereocenters. The summed E-state index contributed by atoms with van der Waals surface area (Å²) in [6, 6.07) is 16.4. The number of nitrogens with two attached hydrogens (primary N) is 1. The van der Waals surface area contributed by atoms with Gasteiger partial charge in [0.25, 0.3) is 5.56 Å². The molecule has 3 nitrogen and oxygen atoms in total. The number of fused-ring (bicyclic) bond motifs is 3. The van der Waals surface area contributed by atoms with Crippen molar-refractivity contribution in [3.8, 4) is 11.1 Å². The van der Waals surface area contributed by atoms with Crippen molar-refractivity contribution in [2.24, 2.45) is 5.73 Å². The van der Waals surface area contributed by atoms with Crippen LogP contribution in [0, 0.1) is 0 Å². The smallest absolute Gasteiger partial charge is 0.266 e. The molecule has 4 rings (SSSR count). The quantitative estimate of drug-likeness (QED) is 0.574. The zero-order valence-electron chi connectivity index (χ0n) is 12.7. The average Bonchev–Trinajstić information content (AvgIpc) is 3.05. The Labute approximate surface area is 137 Å². The molecule has 114 valence electrons. The number of H-pyrrole nitrogens is 1. The average molecular weight is 320 g/mol. The minimum absolute atomic E-state index is 0.0213. The third-order valence-electron chi connectivity index (χ3n) is 4.20. The van der Waals surface area contributed by atoms with Gasteiger partial charge in [-0.2, -0.15) is 0 Å². The van der Waals surface area contributed by atoms with Crippen molar-refractivity contribution >= 4 is 32.3 Å². The number of nitrogens with one attached hydrogen (secondary N) is 1. The van der Waals surface area contributed by atoms with E-state index in [1.54, 1.807) is 0 Å². The lowest BCUT2D eigenvalue weighted by atomic mass is 9.97. The van der Waals surface area contributed by atoms with E-state index in [4.69, 9.17) is 5.73 Å². The highest BCUT2D eigenvalue weighted by Crippen LogP contribution is 2.34. The number of hydrogen-bond acceptors (Lipinski definition) is 3. The predicted molar refractivity (Wildman–Crippen MR) is 98.0 cm³/mol. The molecule has 2 aromatic carbocycles. The molecule has 0 bridgehead atoms. The molecule has 3 N–H and O–H groups in total. The second-order valence-corrected chi connectivity index (χ2v) is 6.67. The Bertz CT molecular complexity index is 1060. The molecule has 1 unspecified atom stereocenters. The molecule has 0 aliphatic heterocycles. The largest absolute Gasteiger partial charge is 0.324 e. The maximum Gasteiger partial charge on any atom is 0.266 e. The van der Waals surface area contributed by atoms with Crippen LogP contribution in [0.2, 0.25) is 0 Å². The number of thiophene rings is 1. The van der Waals surface area contributed by atoms with Crippen LogP contribution in [0.3, 0.4) is 0 Å². The van der Waals surface area contributed by atoms with Crippen LogP contribution >= 0.6 is 11.3 Å². The van der Waals surface area contributed by atoms with Crippen molar-refractivity contribution in [2.45, 2.75) is 13.0 Å². The van der Waals surface area contributed by atoms with Gasteiger partial charge in [-0.3, -0.25) is 4.79 Å². The maximum absolute atomic E-state index is 12.2. The fourth-order valence-electron chi connectivity index (χ4n) is 3.01. The van der Waals surface area contributed by atoms with Gasteiger partial charge in [0.2, 0.25) is 0 Å². The van der Waals surface area contributed by atoms with Crippen LogP contribution in [0.4, 0.5) is 0 Å². The van der Waals surface area contributed by atoms with Gasteiger partial charge >= 0.3 is 0 Å². The van der Waals surface area contributed by atoms with Gasteiger partial charge in [-0.05, 0) is 41.1 Å². The molecule has 0 saturated carbocycles. The van der Waals surface area contributed by atoms with Gasteiger partial charge in [-0.1, -0.05) is 36.4 Å². The van der Waals surface area contributed by atoms with Crippen LogP contribution in [0.1, 0.15) is 18.5 Å². The van der Waals surface area contributed by atoms with E-state index in [0.717, 1.165) is 37.7 Å². The Morgan fingerprint density at radius 2 is 1.87 bits per heavy atom. The summed E-state index contributed by atoms with van der Waals surface area (Å²) in [5, 5.41) is 4.08. The Kier molecular flexibility index (Phi) is 3.29. The van der Waals surface area contributed by atoms with E-state index in [9.17, 15) is 4.79 Å². The van der Waals surface area contributed by atoms with Gasteiger partial charge in [-0.25, -0.2) is 0 Å². The zero-order valence-corrected chi connectivity index (χ0v) is 13.5. The minimum atomic E-state index is -0.0213. The van der Waals surface area contributed by atoms with Crippen molar-refractivity contribution in [1.29, 1.82) is 0 Å². The summed E-state index contributed by atoms with van der Waals surface area (Å²) < 4.78 is 0.775. The van der Waals surface area contributed by atoms with Gasteiger partial charge in [-0.15, -0.1) is 11.3 Å². The normalized spacial score (nSPS) is 12.8. The highest BCUT2D eigenvalue weighted by atomic mass is 32.1. The third kappa shape index (κ3) is 2.27. The summed E-state index contributed by atoms with van der Waals surface area (Å²) >= 11 is 1.48. The molecular formula is C19H16N2OS. The fraction of sp³-hybridized carbons (Fsp3) is 0.105. The van der Waals surface area contributed by atoms with Gasteiger partial charge in [0.1, 0.15) is 4.70 Å². The van der Waals surface area contributed by atoms with E-state index in [1.807, 2.05) is 30.5 Å². The Hall–Kier alpha value is -2.43. The molecule has 4 aromatic rings. The van der Waals surface area contributed by atoms with E-state index in [-0.39, 0.29) is 11.6 Å². The number of aromatic amines is 1. The van der Waals surface area contributed by atoms with Crippen molar-refractivity contribution in [1.82, 2.24) is 4.98 Å². The number of pyridine rings is 1. The Morgan fingerprint density at radius 3 is 2.61 bits per heavy atom. The first-order valence-corrected chi connectivity index (χ1v) is 8.41. The van der Waals surface area contributed by atoms with Gasteiger partial charge in [0.05, 0.1) is 0 Å². The van der Waals surface area contributed by atoms with Crippen LogP contribution in [-0.2, 0) is 0 Å². The standard InChI is InChI=1S/C19H16N2OS/c1-11(20)12-5-7-13(8-6-12)14-3-2-4-16-17(14)15-9-10-23-18(15)19(22)21-16/h2-11H,20H2,1H3,(H,21,22). The monoisotopic (exact) mass is 320 g/mol. The predicted octanol–water partition coefficient (Wildman–Crippen LogP) is 4.43. The first-order chi connectivity index (χ1) is 11.1. The van der Waals surface area contributed by atoms with Crippen LogP contribution in [0.25, 0.3) is 32.1 Å². The molecule has 0 amide bonds. The van der Waals surface area contributed by atoms with Gasteiger partial charge < -0.3 is 10.7 Å². The topological polar surface area (TPSA) is 58.9 Å². The van der Waals surface area contributed by atoms with Crippen molar-refractivity contribution in [3.63, 3.8) is 0 Å². The molecule has 0 fully saturated rings. The summed E-state index contributed by atoms with van der Waals surface area (Å²) in [5.41, 5.74) is 10.1. The van der Waals surface area contributed by atoms with E-state index in [0.29, 0.717) is 0 Å². The summed E-state index contributed by atoms with van der Waals surface area (Å²) in [7, 11) is 0. The SMILES string of the molecule is CC(N)c1ccc(-c2cccc3[nH]c(=O)c4sccc4c23)cc1. The molecule has 0 radical (unpaired) electrons. The third-order valence-corrected chi connectivity index (χ3v) is 5.11. The van der Waals surface area contributed by atoms with Crippen LogP contribution in [0.15, 0.2) is 58.7 Å². The summed E-state index contributed by atoms with van der Waals surface area (Å²) in [4.78, 5) is 15.2. The molecule has 0 saturated heterocycles. The zero-order chi connectivity index (χ0) is 16.0. The second kappa shape index (κ2) is 5.33. The number of aromatic nitrogens is 1. The Morgan fingerprint density at radius 1 is 1.09 bits per heavy atom. The van der Waals surface area contributed by atoms with Crippen molar-refractivity contribution in [3.05, 3.63) is 69.8 Å². The van der Waals surface area contributed by atoms with Crippen LogP contribution in [0.5, 0.6) is 0 Å². The van der Waals surface area contributed by atoms with E-state index in [2.05, 4.69) is 35.3 Å². The maximum atomic E-state index is 12.2. The van der Waals surface area contributed by atoms with E-state index >= 15 is 0 Å². The van der Waals surface area contributed by atoms with Gasteiger partial charge in [0.15, 0.2) is 0 Å². The summed E-state index contributed by atoms with van der Waals surface area (Å²) in [6.07, 6.45) is 0. The minimum Gasteiger partial charge on any atom is -0.324 e. The molecule has 2 aromatic heterocycles. The molecule has 0 aliphatic rings. The lowest BCUT2D eigenvalue weighted by Gasteiger charge is -2.10. The Balaban J connectivity index is 2.03. The summed E-state index contributed by atoms with van der Waals surface area (Å²) in [5.74, 6) is 0. The highest BCUT2D eigenvalue weighted by Gasteiger charge is 2.11. The number of benzene rings is 2. The summed E-state index contributed by atoms with van der Waals surface area (Å²) in [6.45, 7) is 1.98. The second-order valence-electron chi connectivity index (χ2n) is 5.76. The number of hydrogen-bond donors (Lipinski definition) is 2. The first kappa shape index (κ1) is 14.2. The lowest BCUT2D eigenvalue weighted by Crippen LogP contribution is -2.05. The molecular weight excluding hydrogens is 304 g/mol. The van der Waals surface area contributed by atoms with Crippen LogP contribution < -0.4 is 11.3 Å². The highest BCUT2D eigenvalue weighted by molar-refractivity contribution is 7.17. The lowest BCUT2D eigenvalue weighted by molar-refractivity contribution is 0.818.